The standard InChI is InChI=1S/C15H21NO3/c1-10-8-15(5-6-18-10)9-13(16)12-4-3-11(17-2)7-14(12)19-15/h3-4,7,10,13H,5-6,8-9,16H2,1-2H3/t10?,13-,15?/m1/s1. The summed E-state index contributed by atoms with van der Waals surface area (Å²) in [5.41, 5.74) is 7.23. The summed E-state index contributed by atoms with van der Waals surface area (Å²) in [5.74, 6) is 1.68. The highest BCUT2D eigenvalue weighted by Gasteiger charge is 2.43. The lowest BCUT2D eigenvalue weighted by Crippen LogP contribution is -2.49. The monoisotopic (exact) mass is 263 g/mol. The van der Waals surface area contributed by atoms with Gasteiger partial charge in [0.1, 0.15) is 17.1 Å². The van der Waals surface area contributed by atoms with Crippen LogP contribution in [-0.2, 0) is 4.74 Å². The molecule has 1 aromatic carbocycles. The number of ether oxygens (including phenoxy) is 3. The van der Waals surface area contributed by atoms with Crippen LogP contribution in [0.1, 0.15) is 37.8 Å². The average molecular weight is 263 g/mol. The van der Waals surface area contributed by atoms with Crippen LogP contribution in [0.25, 0.3) is 0 Å². The first kappa shape index (κ1) is 12.8. The highest BCUT2D eigenvalue weighted by molar-refractivity contribution is 5.44. The third kappa shape index (κ3) is 2.30. The van der Waals surface area contributed by atoms with E-state index in [1.54, 1.807) is 7.11 Å². The summed E-state index contributed by atoms with van der Waals surface area (Å²) in [4.78, 5) is 0. The summed E-state index contributed by atoms with van der Waals surface area (Å²) in [7, 11) is 1.66. The molecule has 4 heteroatoms. The first-order valence-corrected chi connectivity index (χ1v) is 6.86. The van der Waals surface area contributed by atoms with Crippen molar-refractivity contribution in [3.8, 4) is 11.5 Å². The highest BCUT2D eigenvalue weighted by Crippen LogP contribution is 2.45. The second-order valence-electron chi connectivity index (χ2n) is 5.63. The molecule has 0 bridgehead atoms. The summed E-state index contributed by atoms with van der Waals surface area (Å²) in [6.07, 6.45) is 2.90. The molecular weight excluding hydrogens is 242 g/mol. The fourth-order valence-corrected chi connectivity index (χ4v) is 3.23. The van der Waals surface area contributed by atoms with E-state index in [-0.39, 0.29) is 17.7 Å². The fraction of sp³-hybridized carbons (Fsp3) is 0.600. The van der Waals surface area contributed by atoms with Crippen molar-refractivity contribution in [2.45, 2.75) is 43.9 Å². The zero-order valence-electron chi connectivity index (χ0n) is 11.5. The lowest BCUT2D eigenvalue weighted by atomic mass is 9.80. The molecule has 2 aliphatic rings. The van der Waals surface area contributed by atoms with Gasteiger partial charge in [-0.25, -0.2) is 0 Å². The molecule has 104 valence electrons. The molecule has 4 nitrogen and oxygen atoms in total. The van der Waals surface area contributed by atoms with Gasteiger partial charge in [-0.05, 0) is 13.0 Å². The molecule has 1 fully saturated rings. The Bertz CT molecular complexity index is 476. The molecule has 0 aliphatic carbocycles. The highest BCUT2D eigenvalue weighted by atomic mass is 16.5. The van der Waals surface area contributed by atoms with Crippen molar-refractivity contribution in [2.75, 3.05) is 13.7 Å². The summed E-state index contributed by atoms with van der Waals surface area (Å²) in [6.45, 7) is 2.84. The number of rotatable bonds is 1. The van der Waals surface area contributed by atoms with E-state index in [0.29, 0.717) is 0 Å². The molecule has 1 aromatic rings. The molecule has 2 N–H and O–H groups in total. The molecule has 2 heterocycles. The second-order valence-corrected chi connectivity index (χ2v) is 5.63. The van der Waals surface area contributed by atoms with E-state index in [0.717, 1.165) is 42.9 Å². The van der Waals surface area contributed by atoms with Crippen molar-refractivity contribution >= 4 is 0 Å². The van der Waals surface area contributed by atoms with E-state index in [2.05, 4.69) is 6.92 Å². The Morgan fingerprint density at radius 3 is 2.95 bits per heavy atom. The molecule has 2 unspecified atom stereocenters. The lowest BCUT2D eigenvalue weighted by Gasteiger charge is -2.45. The number of nitrogens with two attached hydrogens (primary N) is 1. The Balaban J connectivity index is 1.93. The normalized spacial score (nSPS) is 33.6. The van der Waals surface area contributed by atoms with E-state index in [4.69, 9.17) is 19.9 Å². The van der Waals surface area contributed by atoms with Crippen LogP contribution in [0.5, 0.6) is 11.5 Å². The van der Waals surface area contributed by atoms with Crippen LogP contribution in [0.3, 0.4) is 0 Å². The van der Waals surface area contributed by atoms with Gasteiger partial charge < -0.3 is 19.9 Å². The Kier molecular flexibility index (Phi) is 3.15. The van der Waals surface area contributed by atoms with Gasteiger partial charge in [-0.2, -0.15) is 0 Å². The molecule has 3 atom stereocenters. The Morgan fingerprint density at radius 2 is 2.21 bits per heavy atom. The number of methoxy groups -OCH3 is 1. The predicted octanol–water partition coefficient (Wildman–Crippen LogP) is 2.42. The fourth-order valence-electron chi connectivity index (χ4n) is 3.23. The Hall–Kier alpha value is -1.26. The first-order chi connectivity index (χ1) is 9.12. The molecule has 1 saturated heterocycles. The van der Waals surface area contributed by atoms with Crippen LogP contribution in [0, 0.1) is 0 Å². The van der Waals surface area contributed by atoms with Crippen LogP contribution in [0.4, 0.5) is 0 Å². The maximum absolute atomic E-state index is 6.33. The van der Waals surface area contributed by atoms with Gasteiger partial charge in [0, 0.05) is 36.9 Å². The van der Waals surface area contributed by atoms with Crippen LogP contribution >= 0.6 is 0 Å². The van der Waals surface area contributed by atoms with Gasteiger partial charge in [0.15, 0.2) is 0 Å². The Labute approximate surface area is 113 Å². The zero-order valence-corrected chi connectivity index (χ0v) is 11.5. The van der Waals surface area contributed by atoms with Gasteiger partial charge in [0.25, 0.3) is 0 Å². The van der Waals surface area contributed by atoms with Crippen molar-refractivity contribution in [1.82, 2.24) is 0 Å². The smallest absolute Gasteiger partial charge is 0.128 e. The van der Waals surface area contributed by atoms with Crippen molar-refractivity contribution < 1.29 is 14.2 Å². The topological polar surface area (TPSA) is 53.7 Å². The number of hydrogen-bond donors (Lipinski definition) is 1. The summed E-state index contributed by atoms with van der Waals surface area (Å²) < 4.78 is 17.2. The quantitative estimate of drug-likeness (QED) is 0.845. The van der Waals surface area contributed by atoms with E-state index in [9.17, 15) is 0 Å². The van der Waals surface area contributed by atoms with Gasteiger partial charge in [-0.1, -0.05) is 6.07 Å². The molecule has 0 saturated carbocycles. The van der Waals surface area contributed by atoms with Crippen molar-refractivity contribution in [1.29, 1.82) is 0 Å². The summed E-state index contributed by atoms with van der Waals surface area (Å²) in [6, 6.07) is 5.91. The molecule has 2 aliphatic heterocycles. The largest absolute Gasteiger partial charge is 0.497 e. The van der Waals surface area contributed by atoms with Crippen LogP contribution in [0.15, 0.2) is 18.2 Å². The third-order valence-corrected chi connectivity index (χ3v) is 4.16. The SMILES string of the molecule is COc1ccc2c(c1)OC1(CCOC(C)C1)C[C@H]2N. The Morgan fingerprint density at radius 1 is 1.37 bits per heavy atom. The van der Waals surface area contributed by atoms with E-state index in [1.807, 2.05) is 18.2 Å². The molecule has 19 heavy (non-hydrogen) atoms. The maximum atomic E-state index is 6.33. The molecular formula is C15H21NO3. The summed E-state index contributed by atoms with van der Waals surface area (Å²) in [5, 5.41) is 0. The van der Waals surface area contributed by atoms with Crippen LogP contribution in [-0.4, -0.2) is 25.4 Å². The van der Waals surface area contributed by atoms with Gasteiger partial charge in [0.05, 0.1) is 19.8 Å². The van der Waals surface area contributed by atoms with E-state index < -0.39 is 0 Å². The van der Waals surface area contributed by atoms with Gasteiger partial charge in [-0.3, -0.25) is 0 Å². The second kappa shape index (κ2) is 4.69. The van der Waals surface area contributed by atoms with Crippen molar-refractivity contribution in [3.05, 3.63) is 23.8 Å². The molecule has 0 aromatic heterocycles. The van der Waals surface area contributed by atoms with Gasteiger partial charge in [-0.15, -0.1) is 0 Å². The number of fused-ring (bicyclic) bond motifs is 1. The van der Waals surface area contributed by atoms with E-state index >= 15 is 0 Å². The third-order valence-electron chi connectivity index (χ3n) is 4.16. The average Bonchev–Trinajstić information content (AvgIpc) is 2.37. The first-order valence-electron chi connectivity index (χ1n) is 6.86. The predicted molar refractivity (Wildman–Crippen MR) is 72.5 cm³/mol. The lowest BCUT2D eigenvalue weighted by molar-refractivity contribution is -0.0949. The minimum atomic E-state index is -0.170. The van der Waals surface area contributed by atoms with Crippen molar-refractivity contribution in [3.63, 3.8) is 0 Å². The minimum Gasteiger partial charge on any atom is -0.497 e. The number of benzene rings is 1. The van der Waals surface area contributed by atoms with Gasteiger partial charge >= 0.3 is 0 Å². The van der Waals surface area contributed by atoms with Gasteiger partial charge in [0.2, 0.25) is 0 Å². The molecule has 0 amide bonds. The summed E-state index contributed by atoms with van der Waals surface area (Å²) >= 11 is 0. The number of hydrogen-bond acceptors (Lipinski definition) is 4. The molecule has 3 rings (SSSR count). The van der Waals surface area contributed by atoms with Crippen LogP contribution < -0.4 is 15.2 Å². The molecule has 0 radical (unpaired) electrons. The zero-order chi connectivity index (χ0) is 13.5. The maximum Gasteiger partial charge on any atom is 0.128 e. The van der Waals surface area contributed by atoms with Crippen LogP contribution in [0.2, 0.25) is 0 Å². The van der Waals surface area contributed by atoms with Crippen molar-refractivity contribution in [2.24, 2.45) is 5.73 Å². The molecule has 1 spiro atoms. The van der Waals surface area contributed by atoms with E-state index in [1.165, 1.54) is 0 Å². The minimum absolute atomic E-state index is 0.0277.